The molecule has 1 rings (SSSR count). The van der Waals surface area contributed by atoms with Crippen molar-refractivity contribution in [3.8, 4) is 17.2 Å². The Morgan fingerprint density at radius 3 is 2.11 bits per heavy atom. The average Bonchev–Trinajstić information content (AvgIpc) is 2.38. The van der Waals surface area contributed by atoms with Crippen molar-refractivity contribution >= 4 is 5.97 Å². The molecule has 0 heterocycles. The van der Waals surface area contributed by atoms with Crippen LogP contribution in [-0.4, -0.2) is 20.2 Å². The Balaban J connectivity index is 3.09. The molecule has 1 unspecified atom stereocenters. The van der Waals surface area contributed by atoms with Crippen LogP contribution in [0.15, 0.2) is 12.1 Å². The molecule has 4 nitrogen and oxygen atoms in total. The summed E-state index contributed by atoms with van der Waals surface area (Å²) in [6.07, 6.45) is 0.731. The quantitative estimate of drug-likeness (QED) is 0.597. The summed E-state index contributed by atoms with van der Waals surface area (Å²) in [5, 5.41) is 0. The van der Waals surface area contributed by atoms with Gasteiger partial charge in [0, 0.05) is 0 Å². The van der Waals surface area contributed by atoms with Crippen LogP contribution in [0.25, 0.3) is 0 Å². The number of carbonyl (C=O) groups is 1. The topological polar surface area (TPSA) is 44.8 Å². The SMILES string of the molecule is CCC(C)C(=O)Oc1c(OC)cc(C)cc1OC. The fourth-order valence-electron chi connectivity index (χ4n) is 1.48. The lowest BCUT2D eigenvalue weighted by atomic mass is 10.1. The van der Waals surface area contributed by atoms with Gasteiger partial charge in [0.05, 0.1) is 20.1 Å². The van der Waals surface area contributed by atoms with Gasteiger partial charge >= 0.3 is 5.97 Å². The first-order chi connectivity index (χ1) is 8.53. The van der Waals surface area contributed by atoms with Crippen LogP contribution in [0.1, 0.15) is 25.8 Å². The summed E-state index contributed by atoms with van der Waals surface area (Å²) in [5.74, 6) is 0.918. The third kappa shape index (κ3) is 3.15. The Morgan fingerprint density at radius 2 is 1.72 bits per heavy atom. The summed E-state index contributed by atoms with van der Waals surface area (Å²) in [6, 6.07) is 3.61. The molecular formula is C14H20O4. The first kappa shape index (κ1) is 14.4. The summed E-state index contributed by atoms with van der Waals surface area (Å²) in [7, 11) is 3.07. The van der Waals surface area contributed by atoms with Crippen molar-refractivity contribution in [2.75, 3.05) is 14.2 Å². The maximum absolute atomic E-state index is 11.8. The fraction of sp³-hybridized carbons (Fsp3) is 0.500. The number of methoxy groups -OCH3 is 2. The van der Waals surface area contributed by atoms with Crippen LogP contribution in [0.2, 0.25) is 0 Å². The van der Waals surface area contributed by atoms with E-state index in [9.17, 15) is 4.79 Å². The molecule has 0 radical (unpaired) electrons. The molecule has 0 aromatic heterocycles. The molecule has 0 saturated heterocycles. The summed E-state index contributed by atoms with van der Waals surface area (Å²) >= 11 is 0. The molecule has 1 aromatic carbocycles. The molecule has 0 aliphatic rings. The van der Waals surface area contributed by atoms with Crippen molar-refractivity contribution in [1.29, 1.82) is 0 Å². The minimum Gasteiger partial charge on any atom is -0.493 e. The Kier molecular flexibility index (Phi) is 5.01. The van der Waals surface area contributed by atoms with Crippen molar-refractivity contribution < 1.29 is 19.0 Å². The first-order valence-corrected chi connectivity index (χ1v) is 5.97. The van der Waals surface area contributed by atoms with Crippen molar-refractivity contribution in [3.63, 3.8) is 0 Å². The number of esters is 1. The number of rotatable bonds is 5. The highest BCUT2D eigenvalue weighted by Crippen LogP contribution is 2.38. The maximum atomic E-state index is 11.8. The van der Waals surface area contributed by atoms with Gasteiger partial charge in [-0.05, 0) is 31.0 Å². The Bertz CT molecular complexity index is 401. The highest BCUT2D eigenvalue weighted by Gasteiger charge is 2.19. The molecule has 0 fully saturated rings. The van der Waals surface area contributed by atoms with Crippen LogP contribution in [0.5, 0.6) is 17.2 Å². The fourth-order valence-corrected chi connectivity index (χ4v) is 1.48. The molecule has 100 valence electrons. The summed E-state index contributed by atoms with van der Waals surface area (Å²) < 4.78 is 15.8. The second-order valence-electron chi connectivity index (χ2n) is 4.23. The number of hydrogen-bond acceptors (Lipinski definition) is 4. The van der Waals surface area contributed by atoms with Crippen molar-refractivity contribution in [1.82, 2.24) is 0 Å². The van der Waals surface area contributed by atoms with Crippen LogP contribution < -0.4 is 14.2 Å². The zero-order valence-electron chi connectivity index (χ0n) is 11.6. The Morgan fingerprint density at radius 1 is 1.22 bits per heavy atom. The molecule has 0 saturated carbocycles. The van der Waals surface area contributed by atoms with Crippen LogP contribution in [0.3, 0.4) is 0 Å². The Hall–Kier alpha value is -1.71. The van der Waals surface area contributed by atoms with Gasteiger partial charge < -0.3 is 14.2 Å². The van der Waals surface area contributed by atoms with Crippen molar-refractivity contribution in [3.05, 3.63) is 17.7 Å². The zero-order valence-corrected chi connectivity index (χ0v) is 11.6. The van der Waals surface area contributed by atoms with Crippen LogP contribution >= 0.6 is 0 Å². The van der Waals surface area contributed by atoms with Crippen LogP contribution in [0, 0.1) is 12.8 Å². The van der Waals surface area contributed by atoms with E-state index in [4.69, 9.17) is 14.2 Å². The third-order valence-electron chi connectivity index (χ3n) is 2.82. The maximum Gasteiger partial charge on any atom is 0.314 e. The average molecular weight is 252 g/mol. The number of benzene rings is 1. The number of ether oxygens (including phenoxy) is 3. The normalized spacial score (nSPS) is 11.8. The van der Waals surface area contributed by atoms with Crippen molar-refractivity contribution in [2.45, 2.75) is 27.2 Å². The number of carbonyl (C=O) groups excluding carboxylic acids is 1. The lowest BCUT2D eigenvalue weighted by Gasteiger charge is -2.15. The molecule has 0 N–H and O–H groups in total. The van der Waals surface area contributed by atoms with Crippen molar-refractivity contribution in [2.24, 2.45) is 5.92 Å². The zero-order chi connectivity index (χ0) is 13.7. The summed E-state index contributed by atoms with van der Waals surface area (Å²) in [6.45, 7) is 5.69. The largest absolute Gasteiger partial charge is 0.493 e. The van der Waals surface area contributed by atoms with Gasteiger partial charge in [-0.1, -0.05) is 13.8 Å². The summed E-state index contributed by atoms with van der Waals surface area (Å²) in [4.78, 5) is 11.8. The van der Waals surface area contributed by atoms with Crippen LogP contribution in [0.4, 0.5) is 0 Å². The van der Waals surface area contributed by atoms with Gasteiger partial charge in [-0.25, -0.2) is 0 Å². The molecule has 4 heteroatoms. The molecular weight excluding hydrogens is 232 g/mol. The summed E-state index contributed by atoms with van der Waals surface area (Å²) in [5.41, 5.74) is 0.979. The second-order valence-corrected chi connectivity index (χ2v) is 4.23. The smallest absolute Gasteiger partial charge is 0.314 e. The minimum absolute atomic E-state index is 0.152. The molecule has 0 amide bonds. The van der Waals surface area contributed by atoms with Gasteiger partial charge in [0.1, 0.15) is 0 Å². The van der Waals surface area contributed by atoms with Gasteiger partial charge in [0.25, 0.3) is 0 Å². The standard InChI is InChI=1S/C14H20O4/c1-6-10(3)14(15)18-13-11(16-4)7-9(2)8-12(13)17-5/h7-8,10H,6H2,1-5H3. The van der Waals surface area contributed by atoms with Gasteiger partial charge in [0.2, 0.25) is 5.75 Å². The third-order valence-corrected chi connectivity index (χ3v) is 2.82. The molecule has 1 atom stereocenters. The van der Waals surface area contributed by atoms with E-state index < -0.39 is 0 Å². The van der Waals surface area contributed by atoms with E-state index in [1.807, 2.05) is 32.9 Å². The second kappa shape index (κ2) is 6.28. The molecule has 0 aliphatic carbocycles. The van der Waals surface area contributed by atoms with E-state index in [1.54, 1.807) is 0 Å². The van der Waals surface area contributed by atoms with E-state index in [0.29, 0.717) is 17.2 Å². The molecule has 18 heavy (non-hydrogen) atoms. The van der Waals surface area contributed by atoms with Gasteiger partial charge in [-0.15, -0.1) is 0 Å². The van der Waals surface area contributed by atoms with E-state index in [2.05, 4.69) is 0 Å². The molecule has 0 spiro atoms. The number of aryl methyl sites for hydroxylation is 1. The molecule has 0 bridgehead atoms. The predicted molar refractivity (Wildman–Crippen MR) is 69.4 cm³/mol. The van der Waals surface area contributed by atoms with Gasteiger partial charge in [-0.3, -0.25) is 4.79 Å². The molecule has 0 aliphatic heterocycles. The van der Waals surface area contributed by atoms with E-state index in [0.717, 1.165) is 12.0 Å². The number of hydrogen-bond donors (Lipinski definition) is 0. The van der Waals surface area contributed by atoms with E-state index in [-0.39, 0.29) is 11.9 Å². The van der Waals surface area contributed by atoms with Crippen LogP contribution in [-0.2, 0) is 4.79 Å². The lowest BCUT2D eigenvalue weighted by molar-refractivity contribution is -0.138. The highest BCUT2D eigenvalue weighted by molar-refractivity contribution is 5.76. The monoisotopic (exact) mass is 252 g/mol. The molecule has 1 aromatic rings. The van der Waals surface area contributed by atoms with E-state index >= 15 is 0 Å². The minimum atomic E-state index is -0.280. The van der Waals surface area contributed by atoms with Gasteiger partial charge in [-0.2, -0.15) is 0 Å². The van der Waals surface area contributed by atoms with E-state index in [1.165, 1.54) is 14.2 Å². The predicted octanol–water partition coefficient (Wildman–Crippen LogP) is 2.96. The van der Waals surface area contributed by atoms with Gasteiger partial charge in [0.15, 0.2) is 11.5 Å². The Labute approximate surface area is 108 Å². The lowest BCUT2D eigenvalue weighted by Crippen LogP contribution is -2.17. The first-order valence-electron chi connectivity index (χ1n) is 5.97. The highest BCUT2D eigenvalue weighted by atomic mass is 16.6.